The lowest BCUT2D eigenvalue weighted by molar-refractivity contribution is -0.129. The van der Waals surface area contributed by atoms with Crippen LogP contribution in [0.5, 0.6) is 0 Å². The molecule has 0 bridgehead atoms. The molecule has 3 aliphatic rings. The molecule has 7 nitrogen and oxygen atoms in total. The van der Waals surface area contributed by atoms with E-state index in [2.05, 4.69) is 18.0 Å². The molecule has 1 atom stereocenters. The van der Waals surface area contributed by atoms with Crippen molar-refractivity contribution in [3.8, 4) is 17.5 Å². The molecule has 1 fully saturated rings. The van der Waals surface area contributed by atoms with Crippen molar-refractivity contribution in [3.63, 3.8) is 0 Å². The van der Waals surface area contributed by atoms with Crippen LogP contribution in [-0.2, 0) is 24.2 Å². The summed E-state index contributed by atoms with van der Waals surface area (Å²) in [6.45, 7) is 7.26. The van der Waals surface area contributed by atoms with Crippen LogP contribution in [0.4, 0.5) is 4.39 Å². The molecule has 38 heavy (non-hydrogen) atoms. The molecule has 1 saturated heterocycles. The summed E-state index contributed by atoms with van der Waals surface area (Å²) in [5.41, 5.74) is 2.46. The van der Waals surface area contributed by atoms with E-state index in [1.807, 2.05) is 31.2 Å². The Morgan fingerprint density at radius 3 is 2.58 bits per heavy atom. The summed E-state index contributed by atoms with van der Waals surface area (Å²) in [7, 11) is 0. The van der Waals surface area contributed by atoms with Crippen molar-refractivity contribution < 1.29 is 14.0 Å². The molecule has 0 saturated carbocycles. The number of alkyl halides is 1. The molecule has 8 heteroatoms. The Labute approximate surface area is 223 Å². The number of hydrogen-bond acceptors (Lipinski definition) is 4. The molecule has 2 amide bonds. The number of aromatic nitrogens is 2. The van der Waals surface area contributed by atoms with Gasteiger partial charge >= 0.3 is 0 Å². The smallest absolute Gasteiger partial charge is 0.254 e. The predicted octanol–water partition coefficient (Wildman–Crippen LogP) is 4.82. The number of fused-ring (bicyclic) bond motifs is 1. The van der Waals surface area contributed by atoms with Gasteiger partial charge in [-0.3, -0.25) is 9.59 Å². The molecular weight excluding hydrogens is 481 g/mol. The summed E-state index contributed by atoms with van der Waals surface area (Å²) in [4.78, 5) is 37.3. The van der Waals surface area contributed by atoms with Crippen LogP contribution < -0.4 is 0 Å². The van der Waals surface area contributed by atoms with Gasteiger partial charge in [-0.25, -0.2) is 9.37 Å². The number of carbonyl (C=O) groups excluding carboxylic acids is 2. The van der Waals surface area contributed by atoms with Crippen LogP contribution >= 0.6 is 0 Å². The fourth-order valence-corrected chi connectivity index (χ4v) is 6.02. The quantitative estimate of drug-likeness (QED) is 0.632. The number of imidazole rings is 1. The van der Waals surface area contributed by atoms with E-state index in [0.717, 1.165) is 34.5 Å². The molecule has 1 aliphatic carbocycles. The zero-order valence-electron chi connectivity index (χ0n) is 22.3. The zero-order valence-corrected chi connectivity index (χ0v) is 22.3. The van der Waals surface area contributed by atoms with E-state index in [1.165, 1.54) is 0 Å². The fraction of sp³-hybridized carbons (Fsp3) is 0.467. The molecule has 1 N–H and O–H groups in total. The first kappa shape index (κ1) is 25.9. The molecule has 1 unspecified atom stereocenters. The highest BCUT2D eigenvalue weighted by Crippen LogP contribution is 2.47. The third-order valence-corrected chi connectivity index (χ3v) is 8.50. The van der Waals surface area contributed by atoms with Crippen molar-refractivity contribution in [1.82, 2.24) is 19.8 Å². The summed E-state index contributed by atoms with van der Waals surface area (Å²) in [6, 6.07) is 6.18. The normalized spacial score (nSPS) is 22.2. The highest BCUT2D eigenvalue weighted by Gasteiger charge is 2.52. The van der Waals surface area contributed by atoms with Crippen LogP contribution in [-0.4, -0.2) is 56.9 Å². The Balaban J connectivity index is 1.39. The van der Waals surface area contributed by atoms with Crippen LogP contribution in [0.2, 0.25) is 0 Å². The number of rotatable bonds is 4. The van der Waals surface area contributed by atoms with E-state index in [9.17, 15) is 14.9 Å². The molecule has 0 spiro atoms. The van der Waals surface area contributed by atoms with Gasteiger partial charge in [0.25, 0.3) is 5.91 Å². The first-order valence-electron chi connectivity index (χ1n) is 13.4. The number of likely N-dealkylation sites (tertiary alicyclic amines) is 1. The van der Waals surface area contributed by atoms with Crippen molar-refractivity contribution in [2.24, 2.45) is 5.41 Å². The van der Waals surface area contributed by atoms with E-state index in [-0.39, 0.29) is 37.7 Å². The first-order valence-corrected chi connectivity index (χ1v) is 13.4. The number of benzene rings is 1. The number of allylic oxidation sites excluding steroid dienone is 4. The number of aromatic amines is 1. The number of aryl methyl sites for hydroxylation is 2. The molecular formula is C30H34FN5O2. The molecule has 2 aliphatic heterocycles. The lowest BCUT2D eigenvalue weighted by atomic mass is 9.66. The Bertz CT molecular complexity index is 1380. The molecule has 1 aromatic heterocycles. The van der Waals surface area contributed by atoms with Gasteiger partial charge in [0, 0.05) is 56.9 Å². The lowest BCUT2D eigenvalue weighted by Crippen LogP contribution is -2.52. The maximum Gasteiger partial charge on any atom is 0.254 e. The number of piperidine rings is 1. The predicted molar refractivity (Wildman–Crippen MR) is 143 cm³/mol. The van der Waals surface area contributed by atoms with Gasteiger partial charge in [-0.2, -0.15) is 5.26 Å². The van der Waals surface area contributed by atoms with Crippen molar-refractivity contribution in [2.45, 2.75) is 65.1 Å². The van der Waals surface area contributed by atoms with Gasteiger partial charge in [0.15, 0.2) is 0 Å². The Hall–Kier alpha value is -3.73. The number of nitriles is 1. The third-order valence-electron chi connectivity index (χ3n) is 8.50. The summed E-state index contributed by atoms with van der Waals surface area (Å²) in [6.07, 6.45) is 9.18. The van der Waals surface area contributed by atoms with Gasteiger partial charge < -0.3 is 14.8 Å². The van der Waals surface area contributed by atoms with Gasteiger partial charge in [0.1, 0.15) is 16.9 Å². The van der Waals surface area contributed by atoms with Crippen LogP contribution in [0.15, 0.2) is 36.4 Å². The number of amides is 2. The second kappa shape index (κ2) is 9.86. The standard InChI is InChI=1S/C30H34FN5O2/c1-4-22-16-20(2)23(17-24(22)27-33-25-8-13-36(21(3)37)18-26(25)34-27)28(38)35-14-11-30(31,12-15-35)29(19-32)9-6-5-7-10-29/h5-7,9,16-17H,4,8,10-15,18H2,1-3H3,(H,33,34). The van der Waals surface area contributed by atoms with E-state index in [4.69, 9.17) is 4.98 Å². The monoisotopic (exact) mass is 515 g/mol. The number of halogens is 1. The minimum absolute atomic E-state index is 0.0414. The molecule has 3 heterocycles. The maximum absolute atomic E-state index is 16.1. The largest absolute Gasteiger partial charge is 0.340 e. The topological polar surface area (TPSA) is 93.1 Å². The molecule has 5 rings (SSSR count). The third kappa shape index (κ3) is 4.34. The minimum Gasteiger partial charge on any atom is -0.340 e. The molecule has 0 radical (unpaired) electrons. The SMILES string of the molecule is CCc1cc(C)c(C(=O)N2CCC(F)(C3(C#N)C=CC=CC3)CC2)cc1-c1nc2c([nH]1)CN(C(C)=O)CC2. The Morgan fingerprint density at radius 1 is 1.18 bits per heavy atom. The Kier molecular flexibility index (Phi) is 6.72. The van der Waals surface area contributed by atoms with Gasteiger partial charge in [0.05, 0.1) is 24.0 Å². The summed E-state index contributed by atoms with van der Waals surface area (Å²) >= 11 is 0. The minimum atomic E-state index is -1.67. The van der Waals surface area contributed by atoms with E-state index >= 15 is 4.39 Å². The second-order valence-corrected chi connectivity index (χ2v) is 10.7. The maximum atomic E-state index is 16.1. The van der Waals surface area contributed by atoms with Gasteiger partial charge in [0.2, 0.25) is 5.91 Å². The fourth-order valence-electron chi connectivity index (χ4n) is 6.02. The van der Waals surface area contributed by atoms with E-state index < -0.39 is 11.1 Å². The lowest BCUT2D eigenvalue weighted by Gasteiger charge is -2.44. The molecule has 1 aromatic carbocycles. The number of nitrogens with zero attached hydrogens (tertiary/aromatic N) is 4. The second-order valence-electron chi connectivity index (χ2n) is 10.7. The summed E-state index contributed by atoms with van der Waals surface area (Å²) in [5, 5.41) is 9.86. The van der Waals surface area contributed by atoms with Crippen LogP contribution in [0.1, 0.15) is 66.0 Å². The van der Waals surface area contributed by atoms with Crippen molar-refractivity contribution in [3.05, 3.63) is 64.5 Å². The molecule has 198 valence electrons. The van der Waals surface area contributed by atoms with Crippen molar-refractivity contribution >= 4 is 11.8 Å². The van der Waals surface area contributed by atoms with Gasteiger partial charge in [-0.1, -0.05) is 37.3 Å². The number of H-pyrrole nitrogens is 1. The van der Waals surface area contributed by atoms with Gasteiger partial charge in [-0.05, 0) is 37.0 Å². The summed E-state index contributed by atoms with van der Waals surface area (Å²) < 4.78 is 16.1. The van der Waals surface area contributed by atoms with Crippen molar-refractivity contribution in [2.75, 3.05) is 19.6 Å². The number of nitrogens with one attached hydrogen (secondary N) is 1. The highest BCUT2D eigenvalue weighted by atomic mass is 19.1. The van der Waals surface area contributed by atoms with Crippen LogP contribution in [0.25, 0.3) is 11.4 Å². The average molecular weight is 516 g/mol. The summed E-state index contributed by atoms with van der Waals surface area (Å²) in [5.74, 6) is 0.623. The highest BCUT2D eigenvalue weighted by molar-refractivity contribution is 5.97. The van der Waals surface area contributed by atoms with Crippen LogP contribution in [0.3, 0.4) is 0 Å². The Morgan fingerprint density at radius 2 is 1.95 bits per heavy atom. The van der Waals surface area contributed by atoms with E-state index in [0.29, 0.717) is 37.3 Å². The first-order chi connectivity index (χ1) is 18.2. The van der Waals surface area contributed by atoms with E-state index in [1.54, 1.807) is 28.9 Å². The van der Waals surface area contributed by atoms with Crippen LogP contribution in [0, 0.1) is 23.7 Å². The molecule has 2 aromatic rings. The zero-order chi connectivity index (χ0) is 27.1. The number of hydrogen-bond donors (Lipinski definition) is 1. The van der Waals surface area contributed by atoms with Crippen molar-refractivity contribution in [1.29, 1.82) is 5.26 Å². The number of carbonyl (C=O) groups is 2. The van der Waals surface area contributed by atoms with Gasteiger partial charge in [-0.15, -0.1) is 0 Å². The average Bonchev–Trinajstić information content (AvgIpc) is 3.36.